The van der Waals surface area contributed by atoms with Crippen LogP contribution in [0.5, 0.6) is 34.5 Å². The number of rotatable bonds is 12. The van der Waals surface area contributed by atoms with Gasteiger partial charge in [-0.2, -0.15) is 0 Å². The van der Waals surface area contributed by atoms with Crippen LogP contribution in [-0.4, -0.2) is 30.6 Å². The summed E-state index contributed by atoms with van der Waals surface area (Å²) < 4.78 is 0. The minimum atomic E-state index is 0.146. The number of aromatic hydroxyl groups is 6. The standard InChI is InChI=1S/3C15H18O.3C14H16O/c1-4-15(2,3)13-9-5-8-12-11(13)7-6-10-14(12)16;1-4-15(2,3)14-7-5-6-11-10-12(16)8-9-13(11)14;1-4-15(2,3)14-7-5-6-11-8-9-12(16)10-13(11)14;1-3-10(2)11-6-4-8-13-12(11)7-5-9-14(13)15;1-3-10(2)13-6-4-5-11-9-12(15)7-8-14(11)13;1-3-10(2)13-6-4-5-11-7-8-12(15)9-14(11)13/h3*5-10,16H,4H2,1-3H3;3*4-10,15H,3H2,1-2H3. The van der Waals surface area contributed by atoms with Crippen LogP contribution in [-0.2, 0) is 16.2 Å². The average Bonchev–Trinajstić information content (AvgIpc) is 1.02. The quantitative estimate of drug-likeness (QED) is 0.0725. The van der Waals surface area contributed by atoms with Crippen molar-refractivity contribution < 1.29 is 30.6 Å². The molecule has 0 aliphatic heterocycles. The van der Waals surface area contributed by atoms with Gasteiger partial charge in [-0.25, -0.2) is 0 Å². The molecule has 6 N–H and O–H groups in total. The molecule has 0 aromatic heterocycles. The fraction of sp³-hybridized carbons (Fsp3) is 0.310. The highest BCUT2D eigenvalue weighted by Crippen LogP contribution is 2.39. The van der Waals surface area contributed by atoms with Crippen LogP contribution in [0.4, 0.5) is 0 Å². The van der Waals surface area contributed by atoms with Gasteiger partial charge in [0.25, 0.3) is 0 Å². The van der Waals surface area contributed by atoms with Gasteiger partial charge in [0, 0.05) is 10.8 Å². The fourth-order valence-corrected chi connectivity index (χ4v) is 12.0. The van der Waals surface area contributed by atoms with E-state index < -0.39 is 0 Å². The zero-order chi connectivity index (χ0) is 67.8. The Balaban J connectivity index is 0.000000158. The Labute approximate surface area is 554 Å². The van der Waals surface area contributed by atoms with Gasteiger partial charge in [0.2, 0.25) is 0 Å². The molecule has 6 nitrogen and oxygen atoms in total. The molecular weight excluding hydrogens is 1140 g/mol. The van der Waals surface area contributed by atoms with Gasteiger partial charge >= 0.3 is 0 Å². The van der Waals surface area contributed by atoms with Crippen molar-refractivity contribution in [3.8, 4) is 34.5 Å². The third kappa shape index (κ3) is 17.6. The summed E-state index contributed by atoms with van der Waals surface area (Å²) in [7, 11) is 0. The Morgan fingerprint density at radius 2 is 0.559 bits per heavy atom. The van der Waals surface area contributed by atoms with Crippen LogP contribution < -0.4 is 0 Å². The second kappa shape index (κ2) is 32.0. The summed E-state index contributed by atoms with van der Waals surface area (Å²) in [5.41, 5.74) is 8.46. The predicted octanol–water partition coefficient (Wildman–Crippen LogP) is 24.9. The van der Waals surface area contributed by atoms with E-state index in [4.69, 9.17) is 0 Å². The summed E-state index contributed by atoms with van der Waals surface area (Å²) >= 11 is 0. The van der Waals surface area contributed by atoms with E-state index in [2.05, 4.69) is 189 Å². The zero-order valence-corrected chi connectivity index (χ0v) is 57.9. The highest BCUT2D eigenvalue weighted by atomic mass is 16.3. The molecule has 0 saturated heterocycles. The number of phenolic OH excluding ortho intramolecular Hbond substituents is 6. The molecule has 0 radical (unpaired) electrons. The van der Waals surface area contributed by atoms with Crippen LogP contribution in [0.3, 0.4) is 0 Å². The topological polar surface area (TPSA) is 121 Å². The van der Waals surface area contributed by atoms with E-state index in [1.165, 1.54) is 65.7 Å². The summed E-state index contributed by atoms with van der Waals surface area (Å²) in [6.45, 7) is 33.3. The molecule has 0 spiro atoms. The van der Waals surface area contributed by atoms with E-state index in [9.17, 15) is 30.6 Å². The molecule has 0 aliphatic rings. The molecular formula is C87H102O6. The number of fused-ring (bicyclic) bond motifs is 6. The Hall–Kier alpha value is -9.00. The number of phenols is 6. The van der Waals surface area contributed by atoms with Crippen molar-refractivity contribution in [2.45, 2.75) is 176 Å². The first kappa shape index (κ1) is 71.4. The van der Waals surface area contributed by atoms with E-state index in [1.54, 1.807) is 36.4 Å². The maximum Gasteiger partial charge on any atom is 0.123 e. The molecule has 12 rings (SSSR count). The van der Waals surface area contributed by atoms with Crippen molar-refractivity contribution in [3.05, 3.63) is 252 Å². The van der Waals surface area contributed by atoms with Crippen molar-refractivity contribution in [2.24, 2.45) is 0 Å². The molecule has 0 aliphatic carbocycles. The van der Waals surface area contributed by atoms with Crippen LogP contribution in [0.15, 0.2) is 218 Å². The number of hydrogen-bond donors (Lipinski definition) is 6. The summed E-state index contributed by atoms with van der Waals surface area (Å²) in [5.74, 6) is 3.74. The molecule has 93 heavy (non-hydrogen) atoms. The van der Waals surface area contributed by atoms with Gasteiger partial charge in [0.15, 0.2) is 0 Å². The molecule has 0 fully saturated rings. The van der Waals surface area contributed by atoms with Gasteiger partial charge in [-0.05, 0) is 220 Å². The van der Waals surface area contributed by atoms with Crippen LogP contribution in [0.2, 0.25) is 0 Å². The summed E-state index contributed by atoms with van der Waals surface area (Å²) in [6, 6.07) is 71.3. The first-order valence-electron chi connectivity index (χ1n) is 33.6. The highest BCUT2D eigenvalue weighted by Gasteiger charge is 2.23. The normalized spacial score (nSPS) is 12.4. The maximum absolute atomic E-state index is 9.83. The molecule has 0 heterocycles. The SMILES string of the molecule is CCC(C)(C)c1cccc2c(O)cccc12.CCC(C)(C)c1cccc2cc(O)ccc12.CCC(C)(C)c1cccc2ccc(O)cc12.CCC(C)c1cccc2c(O)cccc12.CCC(C)c1cccc2cc(O)ccc12.CCC(C)c1cccc2ccc(O)cc12. The molecule has 0 amide bonds. The average molecular weight is 1240 g/mol. The Kier molecular flexibility index (Phi) is 24.6. The monoisotopic (exact) mass is 1240 g/mol. The zero-order valence-electron chi connectivity index (χ0n) is 57.9. The van der Waals surface area contributed by atoms with Gasteiger partial charge in [0.1, 0.15) is 34.5 Å². The lowest BCUT2D eigenvalue weighted by Crippen LogP contribution is -2.15. The number of hydrogen-bond acceptors (Lipinski definition) is 6. The minimum Gasteiger partial charge on any atom is -0.508 e. The maximum atomic E-state index is 9.83. The largest absolute Gasteiger partial charge is 0.508 e. The van der Waals surface area contributed by atoms with Gasteiger partial charge in [-0.1, -0.05) is 262 Å². The predicted molar refractivity (Wildman–Crippen MR) is 400 cm³/mol. The fourth-order valence-electron chi connectivity index (χ4n) is 12.0. The van der Waals surface area contributed by atoms with E-state index in [-0.39, 0.29) is 16.2 Å². The molecule has 3 atom stereocenters. The summed E-state index contributed by atoms with van der Waals surface area (Å²) in [5, 5.41) is 71.3. The second-order valence-electron chi connectivity index (χ2n) is 27.0. The highest BCUT2D eigenvalue weighted by molar-refractivity contribution is 5.93. The van der Waals surface area contributed by atoms with Crippen LogP contribution in [0, 0.1) is 0 Å². The van der Waals surface area contributed by atoms with Gasteiger partial charge < -0.3 is 30.6 Å². The van der Waals surface area contributed by atoms with Gasteiger partial charge in [-0.3, -0.25) is 0 Å². The van der Waals surface area contributed by atoms with Crippen LogP contribution in [0.1, 0.15) is 194 Å². The first-order valence-corrected chi connectivity index (χ1v) is 33.6. The van der Waals surface area contributed by atoms with E-state index in [0.717, 1.165) is 70.8 Å². The van der Waals surface area contributed by atoms with Crippen molar-refractivity contribution in [2.75, 3.05) is 0 Å². The van der Waals surface area contributed by atoms with Gasteiger partial charge in [-0.15, -0.1) is 0 Å². The Morgan fingerprint density at radius 1 is 0.258 bits per heavy atom. The van der Waals surface area contributed by atoms with E-state index in [0.29, 0.717) is 52.3 Å². The lowest BCUT2D eigenvalue weighted by Gasteiger charge is -2.25. The summed E-state index contributed by atoms with van der Waals surface area (Å²) in [6.07, 6.45) is 6.65. The molecule has 3 unspecified atom stereocenters. The second-order valence-corrected chi connectivity index (χ2v) is 27.0. The third-order valence-electron chi connectivity index (χ3n) is 19.6. The molecule has 6 heteroatoms. The smallest absolute Gasteiger partial charge is 0.123 e. The first-order chi connectivity index (χ1) is 44.3. The molecule has 0 saturated carbocycles. The van der Waals surface area contributed by atoms with Crippen molar-refractivity contribution in [1.82, 2.24) is 0 Å². The van der Waals surface area contributed by atoms with Crippen molar-refractivity contribution >= 4 is 64.6 Å². The van der Waals surface area contributed by atoms with Gasteiger partial charge in [0.05, 0.1) is 0 Å². The third-order valence-corrected chi connectivity index (χ3v) is 19.6. The van der Waals surface area contributed by atoms with Crippen molar-refractivity contribution in [1.29, 1.82) is 0 Å². The molecule has 12 aromatic carbocycles. The van der Waals surface area contributed by atoms with Crippen molar-refractivity contribution in [3.63, 3.8) is 0 Å². The van der Waals surface area contributed by atoms with Crippen LogP contribution in [0.25, 0.3) is 64.6 Å². The van der Waals surface area contributed by atoms with E-state index >= 15 is 0 Å². The van der Waals surface area contributed by atoms with Crippen LogP contribution >= 0.6 is 0 Å². The molecule has 0 bridgehead atoms. The minimum absolute atomic E-state index is 0.146. The summed E-state index contributed by atoms with van der Waals surface area (Å²) in [4.78, 5) is 0. The molecule has 486 valence electrons. The lowest BCUT2D eigenvalue weighted by molar-refractivity contribution is 0.475. The Morgan fingerprint density at radius 3 is 1.03 bits per heavy atom. The van der Waals surface area contributed by atoms with E-state index in [1.807, 2.05) is 97.1 Å². The number of benzene rings is 12. The lowest BCUT2D eigenvalue weighted by atomic mass is 9.80. The Bertz CT molecular complexity index is 4370. The molecule has 12 aromatic rings.